The van der Waals surface area contributed by atoms with E-state index in [9.17, 15) is 0 Å². The maximum atomic E-state index is 5.36. The summed E-state index contributed by atoms with van der Waals surface area (Å²) in [6.07, 6.45) is 3.27. The Labute approximate surface area is 94.4 Å². The molecule has 3 aromatic heterocycles. The molecule has 0 unspecified atom stereocenters. The molecule has 0 amide bonds. The fourth-order valence-corrected chi connectivity index (χ4v) is 2.73. The quantitative estimate of drug-likeness (QED) is 0.654. The third-order valence-corrected chi connectivity index (χ3v) is 3.37. The molecule has 0 spiro atoms. The SMILES string of the molecule is S=c1[nH]cnc2scc(-c3ccco3)c12. The van der Waals surface area contributed by atoms with Crippen LogP contribution in [0.2, 0.25) is 0 Å². The first-order valence-corrected chi connectivity index (χ1v) is 5.64. The molecule has 0 fully saturated rings. The second-order valence-electron chi connectivity index (χ2n) is 3.04. The van der Waals surface area contributed by atoms with Crippen molar-refractivity contribution >= 4 is 33.8 Å². The molecular weight excluding hydrogens is 228 g/mol. The molecule has 0 aliphatic carbocycles. The normalized spacial score (nSPS) is 10.9. The first-order chi connectivity index (χ1) is 7.36. The minimum atomic E-state index is 0.702. The van der Waals surface area contributed by atoms with Crippen molar-refractivity contribution in [2.75, 3.05) is 0 Å². The average molecular weight is 234 g/mol. The van der Waals surface area contributed by atoms with Crippen LogP contribution in [0.3, 0.4) is 0 Å². The maximum absolute atomic E-state index is 5.36. The van der Waals surface area contributed by atoms with Crippen LogP contribution < -0.4 is 0 Å². The zero-order valence-corrected chi connectivity index (χ0v) is 9.19. The zero-order chi connectivity index (χ0) is 10.3. The summed E-state index contributed by atoms with van der Waals surface area (Å²) in [5, 5.41) is 2.98. The van der Waals surface area contributed by atoms with Gasteiger partial charge in [-0.15, -0.1) is 11.3 Å². The van der Waals surface area contributed by atoms with Crippen LogP contribution in [0, 0.1) is 4.64 Å². The molecule has 74 valence electrons. The topological polar surface area (TPSA) is 41.8 Å². The smallest absolute Gasteiger partial charge is 0.135 e. The van der Waals surface area contributed by atoms with Gasteiger partial charge in [-0.2, -0.15) is 0 Å². The summed E-state index contributed by atoms with van der Waals surface area (Å²) in [5.41, 5.74) is 1.01. The predicted octanol–water partition coefficient (Wildman–Crippen LogP) is 3.61. The summed E-state index contributed by atoms with van der Waals surface area (Å²) in [6, 6.07) is 3.78. The van der Waals surface area contributed by atoms with Crippen LogP contribution >= 0.6 is 23.6 Å². The number of nitrogens with zero attached hydrogens (tertiary/aromatic N) is 1. The Kier molecular flexibility index (Phi) is 1.93. The Bertz CT molecular complexity index is 651. The van der Waals surface area contributed by atoms with Crippen LogP contribution in [0.4, 0.5) is 0 Å². The van der Waals surface area contributed by atoms with Crippen molar-refractivity contribution in [1.82, 2.24) is 9.97 Å². The van der Waals surface area contributed by atoms with Crippen LogP contribution in [0.25, 0.3) is 21.5 Å². The van der Waals surface area contributed by atoms with Crippen LogP contribution in [0.15, 0.2) is 34.5 Å². The van der Waals surface area contributed by atoms with Gasteiger partial charge in [0, 0.05) is 10.9 Å². The van der Waals surface area contributed by atoms with E-state index < -0.39 is 0 Å². The van der Waals surface area contributed by atoms with Crippen LogP contribution in [-0.2, 0) is 0 Å². The van der Waals surface area contributed by atoms with Crippen molar-refractivity contribution in [2.45, 2.75) is 0 Å². The molecule has 0 atom stereocenters. The maximum Gasteiger partial charge on any atom is 0.135 e. The number of thiophene rings is 1. The molecule has 0 bridgehead atoms. The lowest BCUT2D eigenvalue weighted by Gasteiger charge is -1.93. The fourth-order valence-electron chi connectivity index (χ4n) is 1.50. The van der Waals surface area contributed by atoms with Gasteiger partial charge < -0.3 is 9.40 Å². The van der Waals surface area contributed by atoms with Crippen molar-refractivity contribution in [3.63, 3.8) is 0 Å². The van der Waals surface area contributed by atoms with Gasteiger partial charge in [-0.1, -0.05) is 12.2 Å². The van der Waals surface area contributed by atoms with E-state index in [-0.39, 0.29) is 0 Å². The van der Waals surface area contributed by atoms with Crippen molar-refractivity contribution < 1.29 is 4.42 Å². The molecule has 3 aromatic rings. The minimum Gasteiger partial charge on any atom is -0.464 e. The largest absolute Gasteiger partial charge is 0.464 e. The Hall–Kier alpha value is -1.46. The Morgan fingerprint density at radius 2 is 2.40 bits per heavy atom. The van der Waals surface area contributed by atoms with Gasteiger partial charge >= 0.3 is 0 Å². The molecule has 3 nitrogen and oxygen atoms in total. The summed E-state index contributed by atoms with van der Waals surface area (Å²) >= 11 is 6.81. The third kappa shape index (κ3) is 1.32. The molecule has 0 aromatic carbocycles. The van der Waals surface area contributed by atoms with E-state index in [1.54, 1.807) is 23.9 Å². The second-order valence-corrected chi connectivity index (χ2v) is 4.30. The van der Waals surface area contributed by atoms with Crippen molar-refractivity contribution in [3.05, 3.63) is 34.7 Å². The van der Waals surface area contributed by atoms with Gasteiger partial charge in [0.2, 0.25) is 0 Å². The standard InChI is InChI=1S/C10H6N2OS2/c14-9-8-6(7-2-1-3-13-7)4-15-10(8)12-5-11-9/h1-5H,(H,11,12,14). The summed E-state index contributed by atoms with van der Waals surface area (Å²) in [5.74, 6) is 0.828. The minimum absolute atomic E-state index is 0.702. The van der Waals surface area contributed by atoms with E-state index in [1.165, 1.54) is 0 Å². The number of rotatable bonds is 1. The van der Waals surface area contributed by atoms with E-state index in [2.05, 4.69) is 9.97 Å². The van der Waals surface area contributed by atoms with Crippen LogP contribution in [0.1, 0.15) is 0 Å². The van der Waals surface area contributed by atoms with Gasteiger partial charge in [0.1, 0.15) is 15.2 Å². The van der Waals surface area contributed by atoms with Gasteiger partial charge in [0.05, 0.1) is 18.0 Å². The number of hydrogen-bond donors (Lipinski definition) is 1. The Morgan fingerprint density at radius 3 is 3.20 bits per heavy atom. The molecule has 5 heteroatoms. The summed E-state index contributed by atoms with van der Waals surface area (Å²) in [6.45, 7) is 0. The molecule has 0 saturated carbocycles. The Balaban J connectivity index is 2.43. The van der Waals surface area contributed by atoms with Gasteiger partial charge in [0.25, 0.3) is 0 Å². The monoisotopic (exact) mass is 234 g/mol. The summed E-state index contributed by atoms with van der Waals surface area (Å²) in [7, 11) is 0. The molecule has 15 heavy (non-hydrogen) atoms. The average Bonchev–Trinajstić information content (AvgIpc) is 2.85. The first kappa shape index (κ1) is 8.82. The summed E-state index contributed by atoms with van der Waals surface area (Å²) < 4.78 is 6.06. The van der Waals surface area contributed by atoms with Crippen LogP contribution in [-0.4, -0.2) is 9.97 Å². The zero-order valence-electron chi connectivity index (χ0n) is 7.56. The molecule has 3 heterocycles. The second kappa shape index (κ2) is 3.29. The highest BCUT2D eigenvalue weighted by Gasteiger charge is 2.10. The molecule has 0 aliphatic rings. The molecule has 0 saturated heterocycles. The molecule has 0 radical (unpaired) electrons. The van der Waals surface area contributed by atoms with E-state index in [0.717, 1.165) is 21.5 Å². The number of aromatic nitrogens is 2. The van der Waals surface area contributed by atoms with Crippen molar-refractivity contribution in [2.24, 2.45) is 0 Å². The lowest BCUT2D eigenvalue weighted by molar-refractivity contribution is 0.583. The van der Waals surface area contributed by atoms with Gasteiger partial charge in [0.15, 0.2) is 0 Å². The molecule has 3 rings (SSSR count). The molecular formula is C10H6N2OS2. The summed E-state index contributed by atoms with van der Waals surface area (Å²) in [4.78, 5) is 8.09. The van der Waals surface area contributed by atoms with E-state index in [4.69, 9.17) is 16.6 Å². The number of hydrogen-bond acceptors (Lipinski definition) is 4. The fraction of sp³-hybridized carbons (Fsp3) is 0. The molecule has 0 aliphatic heterocycles. The number of H-pyrrole nitrogens is 1. The van der Waals surface area contributed by atoms with Gasteiger partial charge in [-0.3, -0.25) is 0 Å². The van der Waals surface area contributed by atoms with E-state index in [0.29, 0.717) is 4.64 Å². The highest BCUT2D eigenvalue weighted by Crippen LogP contribution is 2.32. The van der Waals surface area contributed by atoms with E-state index in [1.807, 2.05) is 17.5 Å². The lowest BCUT2D eigenvalue weighted by Crippen LogP contribution is -1.79. The first-order valence-electron chi connectivity index (χ1n) is 4.35. The highest BCUT2D eigenvalue weighted by molar-refractivity contribution is 7.71. The van der Waals surface area contributed by atoms with E-state index >= 15 is 0 Å². The highest BCUT2D eigenvalue weighted by atomic mass is 32.1. The van der Waals surface area contributed by atoms with Crippen LogP contribution in [0.5, 0.6) is 0 Å². The molecule has 1 N–H and O–H groups in total. The number of nitrogens with one attached hydrogen (secondary N) is 1. The third-order valence-electron chi connectivity index (χ3n) is 2.16. The van der Waals surface area contributed by atoms with Gasteiger partial charge in [-0.25, -0.2) is 4.98 Å². The lowest BCUT2D eigenvalue weighted by atomic mass is 10.2. The number of aromatic amines is 1. The predicted molar refractivity (Wildman–Crippen MR) is 62.5 cm³/mol. The number of fused-ring (bicyclic) bond motifs is 1. The number of furan rings is 1. The van der Waals surface area contributed by atoms with Crippen molar-refractivity contribution in [1.29, 1.82) is 0 Å². The Morgan fingerprint density at radius 1 is 1.47 bits per heavy atom. The van der Waals surface area contributed by atoms with Crippen molar-refractivity contribution in [3.8, 4) is 11.3 Å². The van der Waals surface area contributed by atoms with Gasteiger partial charge in [-0.05, 0) is 12.1 Å².